The van der Waals surface area contributed by atoms with Crippen LogP contribution >= 0.6 is 11.6 Å². The summed E-state index contributed by atoms with van der Waals surface area (Å²) in [5.74, 6) is -0.413. The van der Waals surface area contributed by atoms with E-state index in [0.29, 0.717) is 5.69 Å². The van der Waals surface area contributed by atoms with Crippen LogP contribution in [0.4, 0.5) is 11.4 Å². The minimum Gasteiger partial charge on any atom is -0.321 e. The zero-order valence-corrected chi connectivity index (χ0v) is 17.9. The topological polar surface area (TPSA) is 75.3 Å². The van der Waals surface area contributed by atoms with Gasteiger partial charge in [0.2, 0.25) is 0 Å². The van der Waals surface area contributed by atoms with Gasteiger partial charge in [-0.3, -0.25) is 9.52 Å². The highest BCUT2D eigenvalue weighted by Crippen LogP contribution is 2.26. The van der Waals surface area contributed by atoms with Gasteiger partial charge in [-0.05, 0) is 62.2 Å². The van der Waals surface area contributed by atoms with E-state index < -0.39 is 15.9 Å². The Bertz CT molecular complexity index is 1150. The lowest BCUT2D eigenvalue weighted by Gasteiger charge is -2.14. The summed E-state index contributed by atoms with van der Waals surface area (Å²) >= 11 is 6.20. The van der Waals surface area contributed by atoms with Gasteiger partial charge >= 0.3 is 0 Å². The summed E-state index contributed by atoms with van der Waals surface area (Å²) in [5.41, 5.74) is 3.94. The van der Waals surface area contributed by atoms with Gasteiger partial charge in [-0.25, -0.2) is 8.42 Å². The van der Waals surface area contributed by atoms with Crippen molar-refractivity contribution in [3.8, 4) is 0 Å². The maximum Gasteiger partial charge on any atom is 0.261 e. The number of hydrogen-bond acceptors (Lipinski definition) is 3. The average Bonchev–Trinajstić information content (AvgIpc) is 2.66. The maximum absolute atomic E-state index is 12.8. The zero-order valence-electron chi connectivity index (χ0n) is 16.3. The van der Waals surface area contributed by atoms with Crippen molar-refractivity contribution in [2.45, 2.75) is 25.7 Å². The molecule has 0 aromatic heterocycles. The van der Waals surface area contributed by atoms with Crippen molar-refractivity contribution in [1.82, 2.24) is 0 Å². The number of sulfonamides is 1. The molecule has 2 N–H and O–H groups in total. The molecular formula is C22H21ClN2O3S. The van der Waals surface area contributed by atoms with Crippen LogP contribution in [0.25, 0.3) is 0 Å². The van der Waals surface area contributed by atoms with E-state index in [2.05, 4.69) is 10.0 Å². The fourth-order valence-corrected chi connectivity index (χ4v) is 4.14. The Balaban J connectivity index is 1.88. The van der Waals surface area contributed by atoms with E-state index in [4.69, 9.17) is 11.6 Å². The first-order valence-corrected chi connectivity index (χ1v) is 10.8. The summed E-state index contributed by atoms with van der Waals surface area (Å²) in [5, 5.41) is 3.09. The number of aryl methyl sites for hydroxylation is 3. The predicted molar refractivity (Wildman–Crippen MR) is 117 cm³/mol. The molecular weight excluding hydrogens is 408 g/mol. The van der Waals surface area contributed by atoms with E-state index in [9.17, 15) is 13.2 Å². The highest BCUT2D eigenvalue weighted by molar-refractivity contribution is 7.92. The van der Waals surface area contributed by atoms with Crippen LogP contribution in [0.5, 0.6) is 0 Å². The second-order valence-corrected chi connectivity index (χ2v) is 8.92. The summed E-state index contributed by atoms with van der Waals surface area (Å²) in [4.78, 5) is 12.9. The summed E-state index contributed by atoms with van der Waals surface area (Å²) < 4.78 is 27.7. The molecule has 0 saturated heterocycles. The van der Waals surface area contributed by atoms with Crippen LogP contribution in [-0.4, -0.2) is 14.3 Å². The van der Waals surface area contributed by atoms with Crippen LogP contribution in [0, 0.1) is 20.8 Å². The SMILES string of the molecule is Cc1ccc(S(=O)(=O)Nc2ccc(Cl)c(C(=O)Nc3c(C)cccc3C)c2)cc1. The van der Waals surface area contributed by atoms with Gasteiger partial charge in [0.1, 0.15) is 0 Å². The highest BCUT2D eigenvalue weighted by Gasteiger charge is 2.17. The summed E-state index contributed by atoms with van der Waals surface area (Å²) in [6.45, 7) is 5.68. The largest absolute Gasteiger partial charge is 0.321 e. The Hall–Kier alpha value is -2.83. The smallest absolute Gasteiger partial charge is 0.261 e. The molecule has 3 aromatic rings. The number of hydrogen-bond donors (Lipinski definition) is 2. The predicted octanol–water partition coefficient (Wildman–Crippen LogP) is 5.32. The Morgan fingerprint density at radius 2 is 1.52 bits per heavy atom. The van der Waals surface area contributed by atoms with Gasteiger partial charge in [-0.15, -0.1) is 0 Å². The number of rotatable bonds is 5. The molecule has 29 heavy (non-hydrogen) atoms. The molecule has 0 aliphatic heterocycles. The van der Waals surface area contributed by atoms with E-state index in [1.807, 2.05) is 39.0 Å². The van der Waals surface area contributed by atoms with Gasteiger partial charge < -0.3 is 5.32 Å². The summed E-state index contributed by atoms with van der Waals surface area (Å²) in [6, 6.07) is 16.7. The maximum atomic E-state index is 12.8. The lowest BCUT2D eigenvalue weighted by molar-refractivity contribution is 0.102. The van der Waals surface area contributed by atoms with Gasteiger partial charge in [-0.1, -0.05) is 47.5 Å². The lowest BCUT2D eigenvalue weighted by Crippen LogP contribution is -2.16. The molecule has 0 fully saturated rings. The van der Waals surface area contributed by atoms with Gasteiger partial charge in [0, 0.05) is 11.4 Å². The fourth-order valence-electron chi connectivity index (χ4n) is 2.89. The molecule has 0 spiro atoms. The molecule has 0 atom stereocenters. The Labute approximate surface area is 175 Å². The van der Waals surface area contributed by atoms with Crippen molar-refractivity contribution in [3.63, 3.8) is 0 Å². The molecule has 7 heteroatoms. The summed E-state index contributed by atoms with van der Waals surface area (Å²) in [7, 11) is -3.78. The number of benzene rings is 3. The molecule has 1 amide bonds. The Morgan fingerprint density at radius 3 is 2.14 bits per heavy atom. The Kier molecular flexibility index (Phi) is 5.96. The molecule has 0 saturated carbocycles. The van der Waals surface area contributed by atoms with Crippen molar-refractivity contribution in [3.05, 3.63) is 87.9 Å². The van der Waals surface area contributed by atoms with E-state index in [-0.39, 0.29) is 21.2 Å². The third-order valence-corrected chi connectivity index (χ3v) is 6.24. The minimum absolute atomic E-state index is 0.139. The number of para-hydroxylation sites is 1. The van der Waals surface area contributed by atoms with Crippen molar-refractivity contribution in [2.24, 2.45) is 0 Å². The van der Waals surface area contributed by atoms with Gasteiger partial charge in [-0.2, -0.15) is 0 Å². The quantitative estimate of drug-likeness (QED) is 0.577. The molecule has 0 aliphatic rings. The molecule has 0 unspecified atom stereocenters. The van der Waals surface area contributed by atoms with E-state index in [1.165, 1.54) is 30.3 Å². The number of nitrogens with one attached hydrogen (secondary N) is 2. The molecule has 3 aromatic carbocycles. The van der Waals surface area contributed by atoms with E-state index >= 15 is 0 Å². The van der Waals surface area contributed by atoms with Crippen LogP contribution in [0.2, 0.25) is 5.02 Å². The van der Waals surface area contributed by atoms with E-state index in [1.54, 1.807) is 12.1 Å². The van der Waals surface area contributed by atoms with Crippen LogP contribution in [0.3, 0.4) is 0 Å². The first-order valence-electron chi connectivity index (χ1n) is 8.94. The van der Waals surface area contributed by atoms with E-state index in [0.717, 1.165) is 16.7 Å². The van der Waals surface area contributed by atoms with Crippen LogP contribution in [-0.2, 0) is 10.0 Å². The van der Waals surface area contributed by atoms with Crippen molar-refractivity contribution in [2.75, 3.05) is 10.0 Å². The number of amides is 1. The number of carbonyl (C=O) groups excluding carboxylic acids is 1. The zero-order chi connectivity index (χ0) is 21.2. The monoisotopic (exact) mass is 428 g/mol. The molecule has 0 radical (unpaired) electrons. The highest BCUT2D eigenvalue weighted by atomic mass is 35.5. The normalized spacial score (nSPS) is 11.2. The second kappa shape index (κ2) is 8.27. The molecule has 150 valence electrons. The third-order valence-electron chi connectivity index (χ3n) is 4.51. The van der Waals surface area contributed by atoms with Crippen LogP contribution < -0.4 is 10.0 Å². The van der Waals surface area contributed by atoms with Crippen LogP contribution in [0.1, 0.15) is 27.0 Å². The number of carbonyl (C=O) groups is 1. The molecule has 0 heterocycles. The number of halogens is 1. The molecule has 5 nitrogen and oxygen atoms in total. The average molecular weight is 429 g/mol. The second-order valence-electron chi connectivity index (χ2n) is 6.83. The first-order chi connectivity index (χ1) is 13.7. The lowest BCUT2D eigenvalue weighted by atomic mass is 10.1. The molecule has 0 aliphatic carbocycles. The third kappa shape index (κ3) is 4.78. The fraction of sp³-hybridized carbons (Fsp3) is 0.136. The first kappa shape index (κ1) is 20.9. The minimum atomic E-state index is -3.78. The van der Waals surface area contributed by atoms with Crippen LogP contribution in [0.15, 0.2) is 65.6 Å². The molecule has 3 rings (SSSR count). The van der Waals surface area contributed by atoms with Crippen molar-refractivity contribution in [1.29, 1.82) is 0 Å². The standard InChI is InChI=1S/C22H21ClN2O3S/c1-14-7-10-18(11-8-14)29(27,28)25-17-9-12-20(23)19(13-17)22(26)24-21-15(2)5-4-6-16(21)3/h4-13,25H,1-3H3,(H,24,26). The van der Waals surface area contributed by atoms with Gasteiger partial charge in [0.25, 0.3) is 15.9 Å². The van der Waals surface area contributed by atoms with Gasteiger partial charge in [0.05, 0.1) is 15.5 Å². The van der Waals surface area contributed by atoms with Crippen molar-refractivity contribution >= 4 is 38.9 Å². The van der Waals surface area contributed by atoms with Gasteiger partial charge in [0.15, 0.2) is 0 Å². The number of anilines is 2. The van der Waals surface area contributed by atoms with Crippen molar-refractivity contribution < 1.29 is 13.2 Å². The summed E-state index contributed by atoms with van der Waals surface area (Å²) in [6.07, 6.45) is 0. The Morgan fingerprint density at radius 1 is 0.897 bits per heavy atom. The molecule has 0 bridgehead atoms.